The lowest BCUT2D eigenvalue weighted by Crippen LogP contribution is -2.37. The van der Waals surface area contributed by atoms with Crippen LogP contribution in [0.3, 0.4) is 0 Å². The van der Waals surface area contributed by atoms with Gasteiger partial charge in [0.25, 0.3) is 0 Å². The van der Waals surface area contributed by atoms with E-state index in [2.05, 4.69) is 20.2 Å². The van der Waals surface area contributed by atoms with Crippen LogP contribution in [-0.4, -0.2) is 53.4 Å². The third-order valence-corrected chi connectivity index (χ3v) is 4.42. The summed E-state index contributed by atoms with van der Waals surface area (Å²) >= 11 is 0. The molecule has 1 saturated heterocycles. The maximum atomic E-state index is 11.0. The van der Waals surface area contributed by atoms with Crippen LogP contribution in [0, 0.1) is 5.92 Å². The van der Waals surface area contributed by atoms with Crippen molar-refractivity contribution < 1.29 is 14.6 Å². The fraction of sp³-hybridized carbons (Fsp3) is 0.667. The van der Waals surface area contributed by atoms with Gasteiger partial charge in [0.05, 0.1) is 19.1 Å². The lowest BCUT2D eigenvalue weighted by molar-refractivity contribution is -0.142. The van der Waals surface area contributed by atoms with Crippen molar-refractivity contribution in [2.45, 2.75) is 31.7 Å². The summed E-state index contributed by atoms with van der Waals surface area (Å²) in [5.74, 6) is 0.873. The Morgan fingerprint density at radius 3 is 2.64 bits per heavy atom. The molecule has 1 aromatic heterocycles. The lowest BCUT2D eigenvalue weighted by Gasteiger charge is -2.29. The van der Waals surface area contributed by atoms with Crippen LogP contribution in [0.5, 0.6) is 0 Å². The minimum Gasteiger partial charge on any atom is -0.481 e. The predicted octanol–water partition coefficient (Wildman–Crippen LogP) is 1.37. The molecule has 2 heterocycles. The molecule has 2 N–H and O–H groups in total. The van der Waals surface area contributed by atoms with E-state index in [-0.39, 0.29) is 5.92 Å². The van der Waals surface area contributed by atoms with Gasteiger partial charge >= 0.3 is 5.97 Å². The predicted molar refractivity (Wildman–Crippen MR) is 82.1 cm³/mol. The van der Waals surface area contributed by atoms with Crippen LogP contribution in [0.15, 0.2) is 12.4 Å². The number of hydrogen-bond acceptors (Lipinski definition) is 6. The lowest BCUT2D eigenvalue weighted by atomic mass is 9.86. The van der Waals surface area contributed by atoms with Gasteiger partial charge in [-0.2, -0.15) is 0 Å². The number of hydrogen-bond donors (Lipinski definition) is 2. The van der Waals surface area contributed by atoms with E-state index in [0.717, 1.165) is 63.6 Å². The number of carboxylic acids is 1. The van der Waals surface area contributed by atoms with Crippen molar-refractivity contribution in [2.75, 3.05) is 36.5 Å². The van der Waals surface area contributed by atoms with Crippen molar-refractivity contribution in [1.29, 1.82) is 0 Å². The van der Waals surface area contributed by atoms with Crippen LogP contribution in [-0.2, 0) is 9.53 Å². The fourth-order valence-electron chi connectivity index (χ4n) is 3.09. The largest absolute Gasteiger partial charge is 0.481 e. The van der Waals surface area contributed by atoms with Crippen LogP contribution in [0.2, 0.25) is 0 Å². The molecule has 2 fully saturated rings. The van der Waals surface area contributed by atoms with E-state index in [9.17, 15) is 4.79 Å². The molecule has 7 heteroatoms. The van der Waals surface area contributed by atoms with Gasteiger partial charge < -0.3 is 20.1 Å². The summed E-state index contributed by atoms with van der Waals surface area (Å²) in [5.41, 5.74) is 0. The SMILES string of the molecule is O=C(O)C1CCC(Nc2cc(N3CCOCC3)ncn2)CC1. The fourth-order valence-corrected chi connectivity index (χ4v) is 3.09. The Hall–Kier alpha value is -1.89. The number of carboxylic acid groups (broad SMARTS) is 1. The number of ether oxygens (including phenoxy) is 1. The van der Waals surface area contributed by atoms with E-state index >= 15 is 0 Å². The Kier molecular flexibility index (Phi) is 4.72. The molecular weight excluding hydrogens is 284 g/mol. The number of morpholine rings is 1. The van der Waals surface area contributed by atoms with Crippen molar-refractivity contribution in [3.05, 3.63) is 12.4 Å². The summed E-state index contributed by atoms with van der Waals surface area (Å²) in [7, 11) is 0. The molecule has 0 bridgehead atoms. The van der Waals surface area contributed by atoms with Gasteiger partial charge in [0.1, 0.15) is 18.0 Å². The highest BCUT2D eigenvalue weighted by molar-refractivity contribution is 5.70. The molecule has 1 aliphatic heterocycles. The minimum atomic E-state index is -0.671. The molecule has 0 unspecified atom stereocenters. The highest BCUT2D eigenvalue weighted by Gasteiger charge is 2.26. The molecule has 1 saturated carbocycles. The van der Waals surface area contributed by atoms with Crippen molar-refractivity contribution in [1.82, 2.24) is 9.97 Å². The summed E-state index contributed by atoms with van der Waals surface area (Å²) in [5, 5.41) is 12.5. The quantitative estimate of drug-likeness (QED) is 0.868. The topological polar surface area (TPSA) is 87.6 Å². The van der Waals surface area contributed by atoms with E-state index in [1.165, 1.54) is 0 Å². The van der Waals surface area contributed by atoms with Crippen molar-refractivity contribution in [2.24, 2.45) is 5.92 Å². The third kappa shape index (κ3) is 3.65. The smallest absolute Gasteiger partial charge is 0.306 e. The first-order valence-electron chi connectivity index (χ1n) is 7.86. The van der Waals surface area contributed by atoms with E-state index in [0.29, 0.717) is 6.04 Å². The van der Waals surface area contributed by atoms with Crippen LogP contribution in [0.25, 0.3) is 0 Å². The summed E-state index contributed by atoms with van der Waals surface area (Å²) in [4.78, 5) is 21.8. The zero-order chi connectivity index (χ0) is 15.4. The molecule has 0 spiro atoms. The average Bonchev–Trinajstić information content (AvgIpc) is 2.56. The second-order valence-corrected chi connectivity index (χ2v) is 5.89. The first-order valence-corrected chi connectivity index (χ1v) is 7.86. The number of aliphatic carboxylic acids is 1. The van der Waals surface area contributed by atoms with Gasteiger partial charge in [0, 0.05) is 25.2 Å². The Morgan fingerprint density at radius 1 is 1.23 bits per heavy atom. The van der Waals surface area contributed by atoms with Crippen LogP contribution in [0.4, 0.5) is 11.6 Å². The Morgan fingerprint density at radius 2 is 1.95 bits per heavy atom. The van der Waals surface area contributed by atoms with Gasteiger partial charge in [0.15, 0.2) is 0 Å². The van der Waals surface area contributed by atoms with Crippen LogP contribution < -0.4 is 10.2 Å². The van der Waals surface area contributed by atoms with Gasteiger partial charge in [-0.15, -0.1) is 0 Å². The van der Waals surface area contributed by atoms with E-state index in [1.807, 2.05) is 6.07 Å². The molecule has 0 atom stereocenters. The zero-order valence-electron chi connectivity index (χ0n) is 12.6. The molecule has 22 heavy (non-hydrogen) atoms. The van der Waals surface area contributed by atoms with Crippen molar-refractivity contribution in [3.8, 4) is 0 Å². The summed E-state index contributed by atoms with van der Waals surface area (Å²) in [6.07, 6.45) is 4.78. The molecule has 2 aliphatic rings. The first-order chi connectivity index (χ1) is 10.7. The molecule has 0 amide bonds. The van der Waals surface area contributed by atoms with Crippen molar-refractivity contribution in [3.63, 3.8) is 0 Å². The maximum absolute atomic E-state index is 11.0. The number of nitrogens with zero attached hydrogens (tertiary/aromatic N) is 3. The highest BCUT2D eigenvalue weighted by atomic mass is 16.5. The second-order valence-electron chi connectivity index (χ2n) is 5.89. The number of carbonyl (C=O) groups is 1. The molecule has 1 aromatic rings. The van der Waals surface area contributed by atoms with Gasteiger partial charge in [0.2, 0.25) is 0 Å². The molecule has 0 radical (unpaired) electrons. The van der Waals surface area contributed by atoms with Gasteiger partial charge in [-0.05, 0) is 25.7 Å². The van der Waals surface area contributed by atoms with Gasteiger partial charge in [-0.3, -0.25) is 4.79 Å². The third-order valence-electron chi connectivity index (χ3n) is 4.42. The number of nitrogens with one attached hydrogen (secondary N) is 1. The molecule has 3 rings (SSSR count). The van der Waals surface area contributed by atoms with Crippen molar-refractivity contribution >= 4 is 17.6 Å². The molecule has 120 valence electrons. The summed E-state index contributed by atoms with van der Waals surface area (Å²) in [6.45, 7) is 3.15. The second kappa shape index (κ2) is 6.91. The summed E-state index contributed by atoms with van der Waals surface area (Å²) in [6, 6.07) is 2.26. The standard InChI is InChI=1S/C15H22N4O3/c20-15(21)11-1-3-12(4-2-11)18-13-9-14(17-10-16-13)19-5-7-22-8-6-19/h9-12H,1-8H2,(H,20,21)(H,16,17,18). The Bertz CT molecular complexity index is 511. The Labute approximate surface area is 129 Å². The van der Waals surface area contributed by atoms with Crippen LogP contribution in [0.1, 0.15) is 25.7 Å². The number of rotatable bonds is 4. The monoisotopic (exact) mass is 306 g/mol. The molecule has 1 aliphatic carbocycles. The van der Waals surface area contributed by atoms with E-state index < -0.39 is 5.97 Å². The summed E-state index contributed by atoms with van der Waals surface area (Å²) < 4.78 is 5.35. The van der Waals surface area contributed by atoms with E-state index in [4.69, 9.17) is 9.84 Å². The normalized spacial score (nSPS) is 25.7. The minimum absolute atomic E-state index is 0.188. The highest BCUT2D eigenvalue weighted by Crippen LogP contribution is 2.27. The van der Waals surface area contributed by atoms with Gasteiger partial charge in [-0.1, -0.05) is 0 Å². The Balaban J connectivity index is 1.58. The van der Waals surface area contributed by atoms with E-state index in [1.54, 1.807) is 6.33 Å². The van der Waals surface area contributed by atoms with Gasteiger partial charge in [-0.25, -0.2) is 9.97 Å². The first kappa shape index (κ1) is 15.0. The maximum Gasteiger partial charge on any atom is 0.306 e. The number of aromatic nitrogens is 2. The molecular formula is C15H22N4O3. The molecule has 7 nitrogen and oxygen atoms in total. The number of anilines is 2. The van der Waals surface area contributed by atoms with Crippen LogP contribution >= 0.6 is 0 Å². The average molecular weight is 306 g/mol. The zero-order valence-corrected chi connectivity index (χ0v) is 12.6. The molecule has 0 aromatic carbocycles.